The summed E-state index contributed by atoms with van der Waals surface area (Å²) in [6.45, 7) is 3.98. The van der Waals surface area contributed by atoms with E-state index in [-0.39, 0.29) is 11.9 Å². The molecule has 0 unspecified atom stereocenters. The molecule has 0 saturated heterocycles. The minimum absolute atomic E-state index is 0.0920. The molecule has 1 aromatic heterocycles. The van der Waals surface area contributed by atoms with Crippen LogP contribution in [0, 0.1) is 0 Å². The lowest BCUT2D eigenvalue weighted by molar-refractivity contribution is 0.0916. The molecular formula is C13H22N4O. The lowest BCUT2D eigenvalue weighted by Crippen LogP contribution is -2.37. The second kappa shape index (κ2) is 5.42. The van der Waals surface area contributed by atoms with Crippen LogP contribution in [0.5, 0.6) is 0 Å². The van der Waals surface area contributed by atoms with Gasteiger partial charge >= 0.3 is 0 Å². The molecule has 1 fully saturated rings. The maximum Gasteiger partial charge on any atom is 0.271 e. The Balaban J connectivity index is 2.10. The molecule has 100 valence electrons. The molecule has 0 bridgehead atoms. The fraction of sp³-hybridized carbons (Fsp3) is 0.692. The topological polar surface area (TPSA) is 72.9 Å². The molecule has 0 spiro atoms. The first-order chi connectivity index (χ1) is 8.59. The van der Waals surface area contributed by atoms with Crippen molar-refractivity contribution in [2.24, 2.45) is 0 Å². The molecule has 18 heavy (non-hydrogen) atoms. The van der Waals surface area contributed by atoms with Crippen molar-refractivity contribution in [2.45, 2.75) is 58.0 Å². The van der Waals surface area contributed by atoms with Gasteiger partial charge in [-0.05, 0) is 26.7 Å². The predicted molar refractivity (Wildman–Crippen MR) is 71.4 cm³/mol. The highest BCUT2D eigenvalue weighted by Gasteiger charge is 2.22. The van der Waals surface area contributed by atoms with Gasteiger partial charge in [0.05, 0.1) is 11.9 Å². The molecule has 2 rings (SSSR count). The maximum atomic E-state index is 12.3. The molecule has 5 heteroatoms. The Labute approximate surface area is 108 Å². The number of nitrogen functional groups attached to an aromatic ring is 1. The van der Waals surface area contributed by atoms with Gasteiger partial charge in [0, 0.05) is 12.1 Å². The summed E-state index contributed by atoms with van der Waals surface area (Å²) in [5.74, 6) is -0.0920. The van der Waals surface area contributed by atoms with E-state index in [2.05, 4.69) is 10.4 Å². The number of nitrogens with one attached hydrogen (secondary N) is 1. The van der Waals surface area contributed by atoms with E-state index in [9.17, 15) is 4.79 Å². The molecule has 1 heterocycles. The fourth-order valence-corrected chi connectivity index (χ4v) is 2.50. The average Bonchev–Trinajstić information content (AvgIpc) is 2.72. The third kappa shape index (κ3) is 2.66. The minimum Gasteiger partial charge on any atom is -0.396 e. The van der Waals surface area contributed by atoms with Crippen molar-refractivity contribution in [2.75, 3.05) is 5.73 Å². The molecule has 1 aliphatic carbocycles. The van der Waals surface area contributed by atoms with E-state index >= 15 is 0 Å². The highest BCUT2D eigenvalue weighted by atomic mass is 16.2. The average molecular weight is 250 g/mol. The Morgan fingerprint density at radius 3 is 2.72 bits per heavy atom. The van der Waals surface area contributed by atoms with Crippen molar-refractivity contribution in [1.29, 1.82) is 0 Å². The number of anilines is 1. The number of amides is 1. The number of hydrogen-bond donors (Lipinski definition) is 2. The van der Waals surface area contributed by atoms with Crippen LogP contribution < -0.4 is 11.1 Å². The zero-order valence-electron chi connectivity index (χ0n) is 11.1. The highest BCUT2D eigenvalue weighted by molar-refractivity contribution is 5.97. The van der Waals surface area contributed by atoms with E-state index in [0.717, 1.165) is 12.8 Å². The van der Waals surface area contributed by atoms with Gasteiger partial charge in [0.25, 0.3) is 5.91 Å². The zero-order valence-corrected chi connectivity index (χ0v) is 11.1. The first-order valence-electron chi connectivity index (χ1n) is 6.73. The fourth-order valence-electron chi connectivity index (χ4n) is 2.50. The normalized spacial score (nSPS) is 17.1. The van der Waals surface area contributed by atoms with Crippen LogP contribution in [0.25, 0.3) is 0 Å². The molecule has 5 nitrogen and oxygen atoms in total. The first-order valence-corrected chi connectivity index (χ1v) is 6.73. The van der Waals surface area contributed by atoms with E-state index in [1.807, 2.05) is 13.8 Å². The molecular weight excluding hydrogens is 228 g/mol. The summed E-state index contributed by atoms with van der Waals surface area (Å²) in [7, 11) is 0. The third-order valence-electron chi connectivity index (χ3n) is 3.47. The largest absolute Gasteiger partial charge is 0.396 e. The van der Waals surface area contributed by atoms with Crippen molar-refractivity contribution in [3.8, 4) is 0 Å². The molecule has 0 aliphatic heterocycles. The van der Waals surface area contributed by atoms with Gasteiger partial charge in [-0.15, -0.1) is 0 Å². The van der Waals surface area contributed by atoms with Crippen LogP contribution in [-0.4, -0.2) is 21.7 Å². The summed E-state index contributed by atoms with van der Waals surface area (Å²) in [6.07, 6.45) is 7.37. The number of carbonyl (C=O) groups is 1. The number of rotatable bonds is 3. The Morgan fingerprint density at radius 1 is 1.44 bits per heavy atom. The lowest BCUT2D eigenvalue weighted by Gasteiger charge is -2.23. The molecule has 0 radical (unpaired) electrons. The van der Waals surface area contributed by atoms with E-state index in [0.29, 0.717) is 17.4 Å². The van der Waals surface area contributed by atoms with Gasteiger partial charge < -0.3 is 11.1 Å². The van der Waals surface area contributed by atoms with Crippen LogP contribution >= 0.6 is 0 Å². The summed E-state index contributed by atoms with van der Waals surface area (Å²) in [6, 6.07) is 0.426. The van der Waals surface area contributed by atoms with Crippen molar-refractivity contribution in [3.05, 3.63) is 11.9 Å². The van der Waals surface area contributed by atoms with Crippen molar-refractivity contribution in [3.63, 3.8) is 0 Å². The summed E-state index contributed by atoms with van der Waals surface area (Å²) in [5.41, 5.74) is 6.79. The quantitative estimate of drug-likeness (QED) is 0.863. The molecule has 0 aromatic carbocycles. The number of carbonyl (C=O) groups excluding carboxylic acids is 1. The van der Waals surface area contributed by atoms with Crippen LogP contribution in [0.15, 0.2) is 6.20 Å². The van der Waals surface area contributed by atoms with Gasteiger partial charge in [0.1, 0.15) is 5.69 Å². The Morgan fingerprint density at radius 2 is 2.11 bits per heavy atom. The molecule has 1 amide bonds. The monoisotopic (exact) mass is 250 g/mol. The van der Waals surface area contributed by atoms with E-state index in [4.69, 9.17) is 5.73 Å². The molecule has 1 saturated carbocycles. The van der Waals surface area contributed by atoms with Crippen molar-refractivity contribution in [1.82, 2.24) is 15.1 Å². The second-order valence-electron chi connectivity index (χ2n) is 5.30. The number of hydrogen-bond acceptors (Lipinski definition) is 3. The molecule has 0 atom stereocenters. The van der Waals surface area contributed by atoms with E-state index in [1.165, 1.54) is 19.3 Å². The van der Waals surface area contributed by atoms with Crippen LogP contribution in [-0.2, 0) is 0 Å². The van der Waals surface area contributed by atoms with Gasteiger partial charge in [-0.3, -0.25) is 9.48 Å². The molecule has 3 N–H and O–H groups in total. The smallest absolute Gasteiger partial charge is 0.271 e. The van der Waals surface area contributed by atoms with Crippen molar-refractivity contribution >= 4 is 11.6 Å². The Bertz CT molecular complexity index is 419. The number of nitrogens with zero attached hydrogens (tertiary/aromatic N) is 2. The Kier molecular flexibility index (Phi) is 3.89. The van der Waals surface area contributed by atoms with Gasteiger partial charge in [-0.1, -0.05) is 19.3 Å². The van der Waals surface area contributed by atoms with Gasteiger partial charge in [0.15, 0.2) is 0 Å². The van der Waals surface area contributed by atoms with Gasteiger partial charge in [-0.2, -0.15) is 5.10 Å². The van der Waals surface area contributed by atoms with Gasteiger partial charge in [0.2, 0.25) is 0 Å². The van der Waals surface area contributed by atoms with Crippen LogP contribution in [0.4, 0.5) is 5.69 Å². The molecule has 1 aromatic rings. The summed E-state index contributed by atoms with van der Waals surface area (Å²) < 4.78 is 1.69. The van der Waals surface area contributed by atoms with Crippen LogP contribution in [0.1, 0.15) is 62.5 Å². The Hall–Kier alpha value is -1.52. The molecule has 1 aliphatic rings. The van der Waals surface area contributed by atoms with E-state index < -0.39 is 0 Å². The summed E-state index contributed by atoms with van der Waals surface area (Å²) in [4.78, 5) is 12.3. The zero-order chi connectivity index (χ0) is 13.1. The summed E-state index contributed by atoms with van der Waals surface area (Å²) >= 11 is 0. The SMILES string of the molecule is CC(C)n1ncc(N)c1C(=O)NC1CCCCC1. The second-order valence-corrected chi connectivity index (χ2v) is 5.30. The third-order valence-corrected chi connectivity index (χ3v) is 3.47. The number of aromatic nitrogens is 2. The number of nitrogens with two attached hydrogens (primary N) is 1. The minimum atomic E-state index is -0.0920. The van der Waals surface area contributed by atoms with Crippen LogP contribution in [0.3, 0.4) is 0 Å². The van der Waals surface area contributed by atoms with Crippen molar-refractivity contribution < 1.29 is 4.79 Å². The highest BCUT2D eigenvalue weighted by Crippen LogP contribution is 2.20. The van der Waals surface area contributed by atoms with E-state index in [1.54, 1.807) is 10.9 Å². The summed E-state index contributed by atoms with van der Waals surface area (Å²) in [5, 5.41) is 7.24. The predicted octanol–water partition coefficient (Wildman–Crippen LogP) is 2.11. The first kappa shape index (κ1) is 12.9. The van der Waals surface area contributed by atoms with Gasteiger partial charge in [-0.25, -0.2) is 0 Å². The lowest BCUT2D eigenvalue weighted by atomic mass is 9.95. The van der Waals surface area contributed by atoms with Crippen LogP contribution in [0.2, 0.25) is 0 Å². The standard InChI is InChI=1S/C13H22N4O/c1-9(2)17-12(11(14)8-15-17)13(18)16-10-6-4-3-5-7-10/h8-10H,3-7,14H2,1-2H3,(H,16,18). The maximum absolute atomic E-state index is 12.3.